The molecule has 0 amide bonds. The molecule has 0 aliphatic rings. The standard InChI is InChI=1S/C11H22NO/c1-3-4-5-8-11(2)12-9-6-7-10-13/h7,13H,3-6,8-10H2,1-2H3. The molecule has 2 nitrogen and oxygen atoms in total. The van der Waals surface area contributed by atoms with Crippen molar-refractivity contribution in [2.45, 2.75) is 46.0 Å². The van der Waals surface area contributed by atoms with Gasteiger partial charge in [-0.3, -0.25) is 4.99 Å². The van der Waals surface area contributed by atoms with Crippen molar-refractivity contribution in [3.63, 3.8) is 0 Å². The highest BCUT2D eigenvalue weighted by Crippen LogP contribution is 2.01. The summed E-state index contributed by atoms with van der Waals surface area (Å²) in [6.07, 6.45) is 7.70. The molecule has 0 aliphatic carbocycles. The normalized spacial score (nSPS) is 12.1. The summed E-state index contributed by atoms with van der Waals surface area (Å²) < 4.78 is 0. The zero-order valence-corrected chi connectivity index (χ0v) is 8.92. The van der Waals surface area contributed by atoms with E-state index in [0.29, 0.717) is 0 Å². The summed E-state index contributed by atoms with van der Waals surface area (Å²) in [6.45, 7) is 5.31. The average molecular weight is 184 g/mol. The molecule has 0 heterocycles. The van der Waals surface area contributed by atoms with Crippen molar-refractivity contribution in [1.82, 2.24) is 0 Å². The topological polar surface area (TPSA) is 32.6 Å². The Morgan fingerprint density at radius 2 is 2.15 bits per heavy atom. The minimum absolute atomic E-state index is 0.171. The van der Waals surface area contributed by atoms with Crippen LogP contribution in [0.2, 0.25) is 0 Å². The van der Waals surface area contributed by atoms with E-state index in [4.69, 9.17) is 5.11 Å². The minimum Gasteiger partial charge on any atom is -0.396 e. The van der Waals surface area contributed by atoms with Crippen molar-refractivity contribution in [1.29, 1.82) is 0 Å². The molecule has 0 saturated carbocycles. The molecule has 0 saturated heterocycles. The van der Waals surface area contributed by atoms with Gasteiger partial charge in [-0.2, -0.15) is 0 Å². The summed E-state index contributed by atoms with van der Waals surface area (Å²) in [6, 6.07) is 0. The monoisotopic (exact) mass is 184 g/mol. The van der Waals surface area contributed by atoms with Crippen LogP contribution in [-0.2, 0) is 0 Å². The molecule has 0 rings (SSSR count). The second kappa shape index (κ2) is 9.72. The Hall–Kier alpha value is -0.370. The molecular formula is C11H22NO. The number of hydrogen-bond donors (Lipinski definition) is 1. The first kappa shape index (κ1) is 12.6. The van der Waals surface area contributed by atoms with Crippen molar-refractivity contribution in [3.8, 4) is 0 Å². The Bertz CT molecular complexity index is 132. The van der Waals surface area contributed by atoms with Crippen LogP contribution in [0.3, 0.4) is 0 Å². The molecule has 1 radical (unpaired) electrons. The summed E-state index contributed by atoms with van der Waals surface area (Å²) in [5, 5.41) is 8.50. The van der Waals surface area contributed by atoms with Crippen LogP contribution in [0.25, 0.3) is 0 Å². The van der Waals surface area contributed by atoms with Gasteiger partial charge in [0, 0.05) is 18.9 Å². The van der Waals surface area contributed by atoms with Gasteiger partial charge < -0.3 is 5.11 Å². The average Bonchev–Trinajstić information content (AvgIpc) is 2.13. The molecule has 0 spiro atoms. The van der Waals surface area contributed by atoms with Gasteiger partial charge >= 0.3 is 0 Å². The van der Waals surface area contributed by atoms with E-state index in [1.165, 1.54) is 25.0 Å². The van der Waals surface area contributed by atoms with Crippen molar-refractivity contribution < 1.29 is 5.11 Å². The molecular weight excluding hydrogens is 162 g/mol. The van der Waals surface area contributed by atoms with Gasteiger partial charge in [0.15, 0.2) is 0 Å². The van der Waals surface area contributed by atoms with Gasteiger partial charge in [0.1, 0.15) is 0 Å². The van der Waals surface area contributed by atoms with Crippen LogP contribution in [0.15, 0.2) is 4.99 Å². The van der Waals surface area contributed by atoms with E-state index < -0.39 is 0 Å². The molecule has 0 aromatic heterocycles. The lowest BCUT2D eigenvalue weighted by Crippen LogP contribution is -1.95. The molecule has 0 aliphatic heterocycles. The number of aliphatic imine (C=N–C) groups is 1. The van der Waals surface area contributed by atoms with Gasteiger partial charge in [-0.05, 0) is 32.6 Å². The zero-order valence-electron chi connectivity index (χ0n) is 8.92. The van der Waals surface area contributed by atoms with E-state index in [0.717, 1.165) is 19.4 Å². The first-order valence-electron chi connectivity index (χ1n) is 5.23. The van der Waals surface area contributed by atoms with Crippen LogP contribution in [-0.4, -0.2) is 24.0 Å². The van der Waals surface area contributed by atoms with E-state index in [1.54, 1.807) is 0 Å². The Morgan fingerprint density at radius 1 is 1.38 bits per heavy atom. The molecule has 13 heavy (non-hydrogen) atoms. The summed E-state index contributed by atoms with van der Waals surface area (Å²) in [5.74, 6) is 0. The lowest BCUT2D eigenvalue weighted by molar-refractivity contribution is 0.324. The highest BCUT2D eigenvalue weighted by Gasteiger charge is 1.91. The Labute approximate surface area is 82.1 Å². The van der Waals surface area contributed by atoms with Crippen LogP contribution in [0, 0.1) is 6.42 Å². The van der Waals surface area contributed by atoms with Crippen molar-refractivity contribution in [2.75, 3.05) is 13.2 Å². The number of aliphatic hydroxyl groups is 1. The summed E-state index contributed by atoms with van der Waals surface area (Å²) >= 11 is 0. The lowest BCUT2D eigenvalue weighted by atomic mass is 10.1. The van der Waals surface area contributed by atoms with Crippen LogP contribution in [0.4, 0.5) is 0 Å². The second-order valence-corrected chi connectivity index (χ2v) is 3.33. The van der Waals surface area contributed by atoms with Gasteiger partial charge in [-0.25, -0.2) is 0 Å². The molecule has 0 fully saturated rings. The number of hydrogen-bond acceptors (Lipinski definition) is 2. The molecule has 0 aromatic carbocycles. The predicted molar refractivity (Wildman–Crippen MR) is 58.1 cm³/mol. The summed E-state index contributed by atoms with van der Waals surface area (Å²) in [4.78, 5) is 4.41. The second-order valence-electron chi connectivity index (χ2n) is 3.33. The van der Waals surface area contributed by atoms with Crippen LogP contribution in [0.5, 0.6) is 0 Å². The SMILES string of the molecule is CCCCCC(C)=NCC[CH]CO. The maximum atomic E-state index is 8.50. The van der Waals surface area contributed by atoms with Gasteiger partial charge in [0.05, 0.1) is 0 Å². The molecule has 0 bridgehead atoms. The fraction of sp³-hybridized carbons (Fsp3) is 0.818. The van der Waals surface area contributed by atoms with Crippen molar-refractivity contribution >= 4 is 5.71 Å². The first-order chi connectivity index (χ1) is 6.31. The van der Waals surface area contributed by atoms with Gasteiger partial charge in [0.25, 0.3) is 0 Å². The highest BCUT2D eigenvalue weighted by atomic mass is 16.2. The quantitative estimate of drug-likeness (QED) is 0.456. The molecule has 0 atom stereocenters. The molecule has 0 unspecified atom stereocenters. The maximum absolute atomic E-state index is 8.50. The molecule has 2 heteroatoms. The Morgan fingerprint density at radius 3 is 2.77 bits per heavy atom. The van der Waals surface area contributed by atoms with Gasteiger partial charge in [-0.1, -0.05) is 19.8 Å². The van der Waals surface area contributed by atoms with Gasteiger partial charge in [0.2, 0.25) is 0 Å². The van der Waals surface area contributed by atoms with Crippen molar-refractivity contribution in [2.24, 2.45) is 4.99 Å². The van der Waals surface area contributed by atoms with Crippen LogP contribution in [0.1, 0.15) is 46.0 Å². The lowest BCUT2D eigenvalue weighted by Gasteiger charge is -1.99. The molecule has 0 aromatic rings. The maximum Gasteiger partial charge on any atom is 0.0463 e. The van der Waals surface area contributed by atoms with E-state index in [-0.39, 0.29) is 6.61 Å². The fourth-order valence-electron chi connectivity index (χ4n) is 1.15. The minimum atomic E-state index is 0.171. The molecule has 77 valence electrons. The van der Waals surface area contributed by atoms with Crippen LogP contribution >= 0.6 is 0 Å². The van der Waals surface area contributed by atoms with E-state index in [1.807, 2.05) is 6.42 Å². The van der Waals surface area contributed by atoms with E-state index in [2.05, 4.69) is 18.8 Å². The first-order valence-corrected chi connectivity index (χ1v) is 5.23. The van der Waals surface area contributed by atoms with Crippen molar-refractivity contribution in [3.05, 3.63) is 6.42 Å². The Balaban J connectivity index is 3.29. The Kier molecular flexibility index (Phi) is 9.44. The molecule has 1 N–H and O–H groups in total. The zero-order chi connectivity index (χ0) is 9.94. The third kappa shape index (κ3) is 9.54. The smallest absolute Gasteiger partial charge is 0.0463 e. The number of rotatable bonds is 8. The van der Waals surface area contributed by atoms with E-state index >= 15 is 0 Å². The number of unbranched alkanes of at least 4 members (excludes halogenated alkanes) is 3. The summed E-state index contributed by atoms with van der Waals surface area (Å²) in [5.41, 5.74) is 1.25. The highest BCUT2D eigenvalue weighted by molar-refractivity contribution is 5.81. The largest absolute Gasteiger partial charge is 0.396 e. The predicted octanol–water partition coefficient (Wildman–Crippen LogP) is 2.61. The number of nitrogens with zero attached hydrogens (tertiary/aromatic N) is 1. The third-order valence-corrected chi connectivity index (χ3v) is 1.99. The van der Waals surface area contributed by atoms with Gasteiger partial charge in [-0.15, -0.1) is 0 Å². The summed E-state index contributed by atoms with van der Waals surface area (Å²) in [7, 11) is 0. The number of aliphatic hydroxyl groups excluding tert-OH is 1. The fourth-order valence-corrected chi connectivity index (χ4v) is 1.15. The van der Waals surface area contributed by atoms with Crippen LogP contribution < -0.4 is 0 Å². The van der Waals surface area contributed by atoms with E-state index in [9.17, 15) is 0 Å². The third-order valence-electron chi connectivity index (χ3n) is 1.99.